The van der Waals surface area contributed by atoms with Crippen molar-refractivity contribution in [2.24, 2.45) is 0 Å². The van der Waals surface area contributed by atoms with Crippen LogP contribution in [0.1, 0.15) is 6.92 Å². The lowest BCUT2D eigenvalue weighted by atomic mass is 9.97. The molecular weight excluding hydrogens is 162 g/mol. The second-order valence-corrected chi connectivity index (χ2v) is 3.36. The van der Waals surface area contributed by atoms with Crippen LogP contribution in [0, 0.1) is 0 Å². The van der Waals surface area contributed by atoms with E-state index in [0.29, 0.717) is 6.04 Å². The molecule has 1 aliphatic heterocycles. The van der Waals surface area contributed by atoms with E-state index in [-0.39, 0.29) is 0 Å². The molecule has 0 amide bonds. The zero-order valence-corrected chi connectivity index (χ0v) is 7.95. The summed E-state index contributed by atoms with van der Waals surface area (Å²) in [4.78, 5) is 5.35. The van der Waals surface area contributed by atoms with E-state index in [2.05, 4.69) is 43.5 Å². The van der Waals surface area contributed by atoms with Crippen molar-refractivity contribution in [3.63, 3.8) is 0 Å². The van der Waals surface area contributed by atoms with Crippen LogP contribution in [-0.4, -0.2) is 13.2 Å². The third-order valence-corrected chi connectivity index (χ3v) is 2.37. The molecule has 0 radical (unpaired) electrons. The highest BCUT2D eigenvalue weighted by atomic mass is 16.7. The van der Waals surface area contributed by atoms with Gasteiger partial charge in [-0.2, -0.15) is 5.06 Å². The van der Waals surface area contributed by atoms with Gasteiger partial charge in [0.15, 0.2) is 6.04 Å². The first-order valence-electron chi connectivity index (χ1n) is 4.47. The van der Waals surface area contributed by atoms with Gasteiger partial charge in [0.05, 0.1) is 7.11 Å². The van der Waals surface area contributed by atoms with Gasteiger partial charge in [-0.1, -0.05) is 18.2 Å². The van der Waals surface area contributed by atoms with Gasteiger partial charge in [0, 0.05) is 11.1 Å². The molecule has 2 atom stereocenters. The van der Waals surface area contributed by atoms with Gasteiger partial charge < -0.3 is 0 Å². The molecule has 2 aliphatic rings. The van der Waals surface area contributed by atoms with Gasteiger partial charge in [-0.05, 0) is 19.1 Å². The standard InChI is InChI=1S/C11H13NO/c1-9-7-10-5-3-4-6-11(10)12(8-9)13-2/h3-8,11H,1-2H3/p+1. The Kier molecular flexibility index (Phi) is 2.17. The first kappa shape index (κ1) is 8.48. The average molecular weight is 176 g/mol. The van der Waals surface area contributed by atoms with Crippen molar-refractivity contribution < 1.29 is 9.90 Å². The molecule has 1 heterocycles. The lowest BCUT2D eigenvalue weighted by molar-refractivity contribution is -1.06. The maximum Gasteiger partial charge on any atom is 0.166 e. The van der Waals surface area contributed by atoms with E-state index in [0.717, 1.165) is 5.06 Å². The minimum absolute atomic E-state index is 0.332. The first-order valence-corrected chi connectivity index (χ1v) is 4.47. The van der Waals surface area contributed by atoms with Gasteiger partial charge in [0.25, 0.3) is 0 Å². The summed E-state index contributed by atoms with van der Waals surface area (Å²) in [5.74, 6) is 0. The topological polar surface area (TPSA) is 13.7 Å². The molecule has 0 bridgehead atoms. The molecule has 0 aromatic rings. The van der Waals surface area contributed by atoms with Crippen molar-refractivity contribution in [3.8, 4) is 0 Å². The second kappa shape index (κ2) is 3.32. The van der Waals surface area contributed by atoms with Crippen molar-refractivity contribution in [2.75, 3.05) is 7.11 Å². The van der Waals surface area contributed by atoms with Crippen LogP contribution in [0.15, 0.2) is 47.7 Å². The van der Waals surface area contributed by atoms with Gasteiger partial charge in [0.2, 0.25) is 0 Å². The van der Waals surface area contributed by atoms with E-state index in [1.165, 1.54) is 11.1 Å². The zero-order chi connectivity index (χ0) is 9.26. The molecule has 2 unspecified atom stereocenters. The third-order valence-electron chi connectivity index (χ3n) is 2.37. The number of hydrogen-bond donors (Lipinski definition) is 1. The third kappa shape index (κ3) is 1.50. The van der Waals surface area contributed by atoms with Crippen LogP contribution in [0.4, 0.5) is 0 Å². The van der Waals surface area contributed by atoms with E-state index in [1.807, 2.05) is 0 Å². The van der Waals surface area contributed by atoms with E-state index in [4.69, 9.17) is 4.84 Å². The largest absolute Gasteiger partial charge is 0.202 e. The molecule has 2 nitrogen and oxygen atoms in total. The highest BCUT2D eigenvalue weighted by Gasteiger charge is 2.26. The number of allylic oxidation sites excluding steroid dienone is 4. The maximum atomic E-state index is 5.35. The minimum atomic E-state index is 0.332. The summed E-state index contributed by atoms with van der Waals surface area (Å²) in [6.07, 6.45) is 12.7. The van der Waals surface area contributed by atoms with E-state index in [1.54, 1.807) is 7.11 Å². The van der Waals surface area contributed by atoms with Crippen LogP contribution >= 0.6 is 0 Å². The Morgan fingerprint density at radius 1 is 1.38 bits per heavy atom. The molecule has 1 N–H and O–H groups in total. The zero-order valence-electron chi connectivity index (χ0n) is 7.95. The second-order valence-electron chi connectivity index (χ2n) is 3.36. The van der Waals surface area contributed by atoms with Crippen molar-refractivity contribution in [2.45, 2.75) is 13.0 Å². The average Bonchev–Trinajstić information content (AvgIpc) is 2.16. The summed E-state index contributed by atoms with van der Waals surface area (Å²) in [6.45, 7) is 2.09. The maximum absolute atomic E-state index is 5.35. The Bertz CT molecular complexity index is 323. The summed E-state index contributed by atoms with van der Waals surface area (Å²) in [6, 6.07) is 0.332. The number of hydrogen-bond acceptors (Lipinski definition) is 1. The molecule has 0 spiro atoms. The molecule has 68 valence electrons. The number of quaternary nitrogens is 1. The fraction of sp³-hybridized carbons (Fsp3) is 0.273. The summed E-state index contributed by atoms with van der Waals surface area (Å²) >= 11 is 0. The number of hydroxylamine groups is 2. The Morgan fingerprint density at radius 3 is 3.00 bits per heavy atom. The summed E-state index contributed by atoms with van der Waals surface area (Å²) < 4.78 is 0. The molecule has 2 rings (SSSR count). The van der Waals surface area contributed by atoms with E-state index >= 15 is 0 Å². The quantitative estimate of drug-likeness (QED) is 0.623. The van der Waals surface area contributed by atoms with Gasteiger partial charge >= 0.3 is 0 Å². The molecule has 13 heavy (non-hydrogen) atoms. The minimum Gasteiger partial charge on any atom is -0.202 e. The fourth-order valence-corrected chi connectivity index (χ4v) is 1.76. The lowest BCUT2D eigenvalue weighted by Crippen LogP contribution is -3.10. The van der Waals surface area contributed by atoms with Gasteiger partial charge in [0.1, 0.15) is 6.20 Å². The van der Waals surface area contributed by atoms with E-state index < -0.39 is 0 Å². The molecular formula is C11H14NO+. The summed E-state index contributed by atoms with van der Waals surface area (Å²) in [5.41, 5.74) is 2.57. The molecule has 0 saturated carbocycles. The molecule has 1 aliphatic carbocycles. The molecule has 2 heteroatoms. The van der Waals surface area contributed by atoms with Crippen molar-refractivity contribution in [3.05, 3.63) is 47.7 Å². The SMILES string of the molecule is CO[NH+]1C=C(C)C=C2C=CC=CC21. The van der Waals surface area contributed by atoms with Crippen molar-refractivity contribution >= 4 is 0 Å². The Labute approximate surface area is 78.4 Å². The van der Waals surface area contributed by atoms with Gasteiger partial charge in [-0.15, -0.1) is 0 Å². The highest BCUT2D eigenvalue weighted by Crippen LogP contribution is 2.14. The molecule has 0 saturated heterocycles. The number of nitrogens with one attached hydrogen (secondary N) is 1. The summed E-state index contributed by atoms with van der Waals surface area (Å²) in [5, 5.41) is 1.04. The Balaban J connectivity index is 2.34. The number of rotatable bonds is 1. The molecule has 0 fully saturated rings. The normalized spacial score (nSPS) is 30.9. The predicted octanol–water partition coefficient (Wildman–Crippen LogP) is 0.771. The fourth-order valence-electron chi connectivity index (χ4n) is 1.76. The van der Waals surface area contributed by atoms with Crippen LogP contribution in [-0.2, 0) is 4.84 Å². The predicted molar refractivity (Wildman–Crippen MR) is 51.9 cm³/mol. The van der Waals surface area contributed by atoms with E-state index in [9.17, 15) is 0 Å². The van der Waals surface area contributed by atoms with Crippen LogP contribution in [0.3, 0.4) is 0 Å². The van der Waals surface area contributed by atoms with Crippen molar-refractivity contribution in [1.82, 2.24) is 0 Å². The van der Waals surface area contributed by atoms with Gasteiger partial charge in [-0.3, -0.25) is 0 Å². The smallest absolute Gasteiger partial charge is 0.166 e. The van der Waals surface area contributed by atoms with Gasteiger partial charge in [-0.25, -0.2) is 4.84 Å². The Hall–Kier alpha value is -1.12. The van der Waals surface area contributed by atoms with Crippen molar-refractivity contribution in [1.29, 1.82) is 0 Å². The lowest BCUT2D eigenvalue weighted by Gasteiger charge is -2.25. The monoisotopic (exact) mass is 176 g/mol. The summed E-state index contributed by atoms with van der Waals surface area (Å²) in [7, 11) is 1.73. The highest BCUT2D eigenvalue weighted by molar-refractivity contribution is 5.40. The van der Waals surface area contributed by atoms with Crippen LogP contribution in [0.25, 0.3) is 0 Å². The molecule has 0 aromatic carbocycles. The van der Waals surface area contributed by atoms with Crippen LogP contribution in [0.2, 0.25) is 0 Å². The Morgan fingerprint density at radius 2 is 2.23 bits per heavy atom. The van der Waals surface area contributed by atoms with Crippen LogP contribution < -0.4 is 5.06 Å². The number of fused-ring (bicyclic) bond motifs is 1. The van der Waals surface area contributed by atoms with Crippen LogP contribution in [0.5, 0.6) is 0 Å². The first-order chi connectivity index (χ1) is 6.31. The molecule has 0 aromatic heterocycles.